The number of amides is 1. The van der Waals surface area contributed by atoms with Crippen LogP contribution in [0.1, 0.15) is 35.2 Å². The van der Waals surface area contributed by atoms with E-state index in [2.05, 4.69) is 10.2 Å². The Bertz CT molecular complexity index is 957. The highest BCUT2D eigenvalue weighted by Gasteiger charge is 2.32. The second kappa shape index (κ2) is 14.2. The number of halogens is 2. The third-order valence-electron chi connectivity index (χ3n) is 6.06. The molecule has 8 nitrogen and oxygen atoms in total. The van der Waals surface area contributed by atoms with E-state index in [1.807, 2.05) is 38.4 Å². The van der Waals surface area contributed by atoms with Gasteiger partial charge in [0.05, 0.1) is 26.9 Å². The number of rotatable bonds is 10. The van der Waals surface area contributed by atoms with Crippen LogP contribution in [-0.2, 0) is 6.42 Å². The Kier molecular flexibility index (Phi) is 12.5. The number of carbonyl (C=O) groups excluding carboxylic acids is 1. The molecule has 3 rings (SSSR count). The molecular formula is C25H37Cl2N3O5. The monoisotopic (exact) mass is 529 g/mol. The molecule has 1 fully saturated rings. The second-order valence-electron chi connectivity index (χ2n) is 8.35. The Morgan fingerprint density at radius 2 is 1.63 bits per heavy atom. The summed E-state index contributed by atoms with van der Waals surface area (Å²) in [6.45, 7) is 0.581. The van der Waals surface area contributed by atoms with Crippen molar-refractivity contribution in [3.05, 3.63) is 41.5 Å². The first-order valence-electron chi connectivity index (χ1n) is 11.2. The summed E-state index contributed by atoms with van der Waals surface area (Å²) in [5.74, 6) is 1.69. The number of methoxy groups -OCH3 is 3. The van der Waals surface area contributed by atoms with E-state index in [0.717, 1.165) is 31.2 Å². The van der Waals surface area contributed by atoms with E-state index >= 15 is 0 Å². The molecule has 35 heavy (non-hydrogen) atoms. The summed E-state index contributed by atoms with van der Waals surface area (Å²) in [6.07, 6.45) is 3.85. The highest BCUT2D eigenvalue weighted by molar-refractivity contribution is 5.99. The van der Waals surface area contributed by atoms with Gasteiger partial charge in [0.25, 0.3) is 5.91 Å². The average Bonchev–Trinajstić information content (AvgIpc) is 3.28. The van der Waals surface area contributed by atoms with Gasteiger partial charge in [-0.15, -0.1) is 24.8 Å². The van der Waals surface area contributed by atoms with E-state index in [-0.39, 0.29) is 36.8 Å². The lowest BCUT2D eigenvalue weighted by Gasteiger charge is -2.27. The van der Waals surface area contributed by atoms with Crippen molar-refractivity contribution in [2.45, 2.75) is 37.8 Å². The molecule has 196 valence electrons. The molecule has 0 bridgehead atoms. The van der Waals surface area contributed by atoms with Crippen LogP contribution < -0.4 is 30.0 Å². The van der Waals surface area contributed by atoms with Crippen molar-refractivity contribution in [3.8, 4) is 28.7 Å². The molecule has 0 radical (unpaired) electrons. The normalized spacial score (nSPS) is 16.7. The van der Waals surface area contributed by atoms with Crippen LogP contribution in [0.25, 0.3) is 0 Å². The topological polar surface area (TPSA) is 95.3 Å². The van der Waals surface area contributed by atoms with Gasteiger partial charge in [-0.25, -0.2) is 0 Å². The van der Waals surface area contributed by atoms with Gasteiger partial charge >= 0.3 is 0 Å². The van der Waals surface area contributed by atoms with Crippen LogP contribution in [0.5, 0.6) is 28.7 Å². The lowest BCUT2D eigenvalue weighted by Crippen LogP contribution is -2.46. The molecule has 2 atom stereocenters. The van der Waals surface area contributed by atoms with Gasteiger partial charge in [-0.05, 0) is 64.0 Å². The fraction of sp³-hybridized carbons (Fsp3) is 0.480. The number of likely N-dealkylation sites (N-methyl/N-ethyl adjacent to an activating group) is 1. The fourth-order valence-electron chi connectivity index (χ4n) is 4.42. The average molecular weight is 530 g/mol. The van der Waals surface area contributed by atoms with E-state index in [1.165, 1.54) is 21.3 Å². The van der Waals surface area contributed by atoms with Gasteiger partial charge in [0, 0.05) is 18.2 Å². The van der Waals surface area contributed by atoms with Gasteiger partial charge in [-0.1, -0.05) is 12.1 Å². The van der Waals surface area contributed by atoms with Gasteiger partial charge in [0.15, 0.2) is 11.5 Å². The SMILES string of the molecule is COc1c(Oc2ccc(CCN)cc2)cc(C(=O)N[C@@H]2CCC[C@H]2N(C)C)c(OC)c1OC.Cl.Cl. The highest BCUT2D eigenvalue weighted by Crippen LogP contribution is 2.48. The van der Waals surface area contributed by atoms with E-state index in [9.17, 15) is 4.79 Å². The molecule has 0 heterocycles. The van der Waals surface area contributed by atoms with Crippen molar-refractivity contribution in [3.63, 3.8) is 0 Å². The first-order chi connectivity index (χ1) is 15.9. The molecule has 0 spiro atoms. The minimum Gasteiger partial charge on any atom is -0.492 e. The Hall–Kier alpha value is -2.39. The van der Waals surface area contributed by atoms with Crippen molar-refractivity contribution in [1.82, 2.24) is 10.2 Å². The standard InChI is InChI=1S/C25H35N3O5.2ClH/c1-28(2)20-8-6-7-19(20)27-25(29)18-15-21(23(31-4)24(32-5)22(18)30-3)33-17-11-9-16(10-12-17)13-14-26;;/h9-12,15,19-20H,6-8,13-14,26H2,1-5H3,(H,27,29);2*1H/t19-,20-;;/m1../s1. The van der Waals surface area contributed by atoms with Crippen LogP contribution in [0.4, 0.5) is 0 Å². The number of nitrogens with two attached hydrogens (primary N) is 1. The van der Waals surface area contributed by atoms with E-state index in [4.69, 9.17) is 24.7 Å². The van der Waals surface area contributed by atoms with Crippen LogP contribution in [0.15, 0.2) is 30.3 Å². The van der Waals surface area contributed by atoms with Gasteiger partial charge in [-0.2, -0.15) is 0 Å². The molecule has 0 saturated heterocycles. The Balaban J connectivity index is 0.00000306. The third-order valence-corrected chi connectivity index (χ3v) is 6.06. The molecule has 2 aromatic carbocycles. The maximum absolute atomic E-state index is 13.4. The van der Waals surface area contributed by atoms with Gasteiger partial charge in [0.2, 0.25) is 11.5 Å². The first kappa shape index (κ1) is 30.6. The molecule has 0 aromatic heterocycles. The zero-order valence-electron chi connectivity index (χ0n) is 21.0. The predicted octanol–water partition coefficient (Wildman–Crippen LogP) is 4.06. The fourth-order valence-corrected chi connectivity index (χ4v) is 4.42. The molecule has 0 aliphatic heterocycles. The van der Waals surface area contributed by atoms with Gasteiger partial charge in [-0.3, -0.25) is 4.79 Å². The van der Waals surface area contributed by atoms with Crippen molar-refractivity contribution in [1.29, 1.82) is 0 Å². The molecule has 1 amide bonds. The summed E-state index contributed by atoms with van der Waals surface area (Å²) in [5.41, 5.74) is 7.08. The molecule has 1 saturated carbocycles. The van der Waals surface area contributed by atoms with E-state index in [1.54, 1.807) is 6.07 Å². The third kappa shape index (κ3) is 7.07. The minimum absolute atomic E-state index is 0. The Labute approximate surface area is 220 Å². The highest BCUT2D eigenvalue weighted by atomic mass is 35.5. The van der Waals surface area contributed by atoms with Crippen molar-refractivity contribution in [2.24, 2.45) is 5.73 Å². The van der Waals surface area contributed by atoms with E-state index in [0.29, 0.717) is 46.9 Å². The molecular weight excluding hydrogens is 493 g/mol. The largest absolute Gasteiger partial charge is 0.492 e. The van der Waals surface area contributed by atoms with Crippen LogP contribution in [0, 0.1) is 0 Å². The maximum Gasteiger partial charge on any atom is 0.255 e. The van der Waals surface area contributed by atoms with Gasteiger partial charge < -0.3 is 34.9 Å². The van der Waals surface area contributed by atoms with Crippen LogP contribution in [0.2, 0.25) is 0 Å². The minimum atomic E-state index is -0.241. The maximum atomic E-state index is 13.4. The number of ether oxygens (including phenoxy) is 4. The van der Waals surface area contributed by atoms with Crippen LogP contribution >= 0.6 is 24.8 Å². The van der Waals surface area contributed by atoms with Crippen LogP contribution in [0.3, 0.4) is 0 Å². The number of hydrogen-bond donors (Lipinski definition) is 2. The predicted molar refractivity (Wildman–Crippen MR) is 142 cm³/mol. The number of benzene rings is 2. The second-order valence-corrected chi connectivity index (χ2v) is 8.35. The lowest BCUT2D eigenvalue weighted by atomic mass is 10.1. The number of hydrogen-bond acceptors (Lipinski definition) is 7. The molecule has 1 aliphatic rings. The molecule has 10 heteroatoms. The summed E-state index contributed by atoms with van der Waals surface area (Å²) in [6, 6.07) is 9.65. The van der Waals surface area contributed by atoms with Crippen LogP contribution in [-0.4, -0.2) is 64.9 Å². The smallest absolute Gasteiger partial charge is 0.255 e. The van der Waals surface area contributed by atoms with Crippen molar-refractivity contribution >= 4 is 30.7 Å². The number of nitrogens with one attached hydrogen (secondary N) is 1. The van der Waals surface area contributed by atoms with E-state index < -0.39 is 0 Å². The lowest BCUT2D eigenvalue weighted by molar-refractivity contribution is 0.0915. The Morgan fingerprint density at radius 3 is 2.17 bits per heavy atom. The quantitative estimate of drug-likeness (QED) is 0.479. The number of carbonyl (C=O) groups is 1. The molecule has 0 unspecified atom stereocenters. The molecule has 2 aromatic rings. The van der Waals surface area contributed by atoms with Gasteiger partial charge in [0.1, 0.15) is 5.75 Å². The molecule has 1 aliphatic carbocycles. The number of nitrogens with zero attached hydrogens (tertiary/aromatic N) is 1. The summed E-state index contributed by atoms with van der Waals surface area (Å²) in [4.78, 5) is 15.5. The first-order valence-corrected chi connectivity index (χ1v) is 11.2. The zero-order chi connectivity index (χ0) is 24.0. The summed E-state index contributed by atoms with van der Waals surface area (Å²) < 4.78 is 22.8. The Morgan fingerprint density at radius 1 is 1.00 bits per heavy atom. The zero-order valence-corrected chi connectivity index (χ0v) is 22.6. The summed E-state index contributed by atoms with van der Waals surface area (Å²) >= 11 is 0. The summed E-state index contributed by atoms with van der Waals surface area (Å²) in [5, 5.41) is 3.18. The summed E-state index contributed by atoms with van der Waals surface area (Å²) in [7, 11) is 8.61. The van der Waals surface area contributed by atoms with Crippen molar-refractivity contribution in [2.75, 3.05) is 42.0 Å². The van der Waals surface area contributed by atoms with Crippen molar-refractivity contribution < 1.29 is 23.7 Å². The molecule has 3 N–H and O–H groups in total.